The van der Waals surface area contributed by atoms with Crippen LogP contribution >= 0.6 is 0 Å². The van der Waals surface area contributed by atoms with Crippen molar-refractivity contribution in [3.05, 3.63) is 29.8 Å². The Bertz CT molecular complexity index is 555. The number of nitrogens with zero attached hydrogens (tertiary/aromatic N) is 1. The van der Waals surface area contributed by atoms with E-state index in [1.54, 1.807) is 0 Å². The van der Waals surface area contributed by atoms with E-state index in [9.17, 15) is 4.79 Å². The number of unbranched alkanes of at least 4 members (excludes halogenated alkanes) is 6. The lowest BCUT2D eigenvalue weighted by atomic mass is 10.0. The molecule has 2 rings (SSSR count). The molecule has 1 saturated heterocycles. The number of benzene rings is 1. The molecule has 1 aromatic carbocycles. The van der Waals surface area contributed by atoms with Crippen LogP contribution in [-0.4, -0.2) is 36.7 Å². The summed E-state index contributed by atoms with van der Waals surface area (Å²) in [6.07, 6.45) is 13.5. The van der Waals surface area contributed by atoms with E-state index in [-0.39, 0.29) is 12.2 Å². The van der Waals surface area contributed by atoms with Crippen molar-refractivity contribution in [1.82, 2.24) is 4.90 Å². The van der Waals surface area contributed by atoms with Gasteiger partial charge < -0.3 is 4.74 Å². The molecular weight excluding hydrogens is 348 g/mol. The molecule has 0 radical (unpaired) electrons. The average Bonchev–Trinajstić information content (AvgIpc) is 2.69. The van der Waals surface area contributed by atoms with E-state index in [4.69, 9.17) is 4.74 Å². The molecule has 0 aliphatic carbocycles. The van der Waals surface area contributed by atoms with Crippen LogP contribution in [0.25, 0.3) is 0 Å². The molecule has 1 N–H and O–H groups in total. The van der Waals surface area contributed by atoms with Crippen molar-refractivity contribution < 1.29 is 9.53 Å². The Morgan fingerprint density at radius 1 is 1.04 bits per heavy atom. The van der Waals surface area contributed by atoms with Crippen molar-refractivity contribution in [3.8, 4) is 0 Å². The van der Waals surface area contributed by atoms with Crippen LogP contribution in [0.5, 0.6) is 0 Å². The summed E-state index contributed by atoms with van der Waals surface area (Å²) in [7, 11) is 0. The average molecular weight is 389 g/mol. The first-order chi connectivity index (χ1) is 13.7. The van der Waals surface area contributed by atoms with Gasteiger partial charge in [-0.25, -0.2) is 4.79 Å². The van der Waals surface area contributed by atoms with Gasteiger partial charge in [-0.2, -0.15) is 0 Å². The maximum atomic E-state index is 12.3. The fourth-order valence-corrected chi connectivity index (χ4v) is 4.00. The number of hydrogen-bond acceptors (Lipinski definition) is 3. The van der Waals surface area contributed by atoms with Gasteiger partial charge in [0.15, 0.2) is 0 Å². The summed E-state index contributed by atoms with van der Waals surface area (Å²) in [4.78, 5) is 14.7. The van der Waals surface area contributed by atoms with Gasteiger partial charge in [0.1, 0.15) is 6.10 Å². The number of rotatable bonds is 12. The summed E-state index contributed by atoms with van der Waals surface area (Å²) in [5.41, 5.74) is 2.10. The molecule has 1 aromatic rings. The lowest BCUT2D eigenvalue weighted by Gasteiger charge is -2.28. The standard InChI is InChI=1S/C24H40N2O2/c1-3-4-5-6-7-8-10-15-22-16-11-12-17-23(22)25-24(27)28-21(2)20-26-18-13-9-14-19-26/h11-12,16-17,21H,3-10,13-15,18-20H2,1-2H3,(H,25,27)/t21-/m0/s1. The molecule has 158 valence electrons. The molecule has 0 bridgehead atoms. The predicted octanol–water partition coefficient (Wildman–Crippen LogP) is 6.40. The minimum absolute atomic E-state index is 0.0895. The summed E-state index contributed by atoms with van der Waals surface area (Å²) < 4.78 is 5.60. The molecule has 0 spiro atoms. The zero-order valence-electron chi connectivity index (χ0n) is 18.0. The number of ether oxygens (including phenoxy) is 1. The number of likely N-dealkylation sites (tertiary alicyclic amines) is 1. The Hall–Kier alpha value is -1.55. The highest BCUT2D eigenvalue weighted by molar-refractivity contribution is 5.85. The number of amides is 1. The molecule has 1 atom stereocenters. The van der Waals surface area contributed by atoms with Crippen molar-refractivity contribution in [3.63, 3.8) is 0 Å². The van der Waals surface area contributed by atoms with E-state index in [0.29, 0.717) is 0 Å². The lowest BCUT2D eigenvalue weighted by Crippen LogP contribution is -2.37. The fraction of sp³-hybridized carbons (Fsp3) is 0.708. The van der Waals surface area contributed by atoms with Crippen molar-refractivity contribution >= 4 is 11.8 Å². The van der Waals surface area contributed by atoms with Crippen molar-refractivity contribution in [2.45, 2.75) is 90.6 Å². The first-order valence-electron chi connectivity index (χ1n) is 11.5. The van der Waals surface area contributed by atoms with Gasteiger partial charge in [0.05, 0.1) is 0 Å². The van der Waals surface area contributed by atoms with Crippen LogP contribution in [0.3, 0.4) is 0 Å². The number of anilines is 1. The molecule has 4 heteroatoms. The third-order valence-corrected chi connectivity index (χ3v) is 5.58. The Labute approximate surface area is 172 Å². The Kier molecular flexibility index (Phi) is 11.0. The SMILES string of the molecule is CCCCCCCCCc1ccccc1NC(=O)O[C@@H](C)CN1CCCCC1. The zero-order valence-corrected chi connectivity index (χ0v) is 18.0. The second kappa shape index (κ2) is 13.6. The minimum Gasteiger partial charge on any atom is -0.445 e. The van der Waals surface area contributed by atoms with Gasteiger partial charge in [0, 0.05) is 12.2 Å². The molecule has 1 aliphatic rings. The van der Waals surface area contributed by atoms with Crippen LogP contribution in [0.4, 0.5) is 10.5 Å². The first kappa shape index (κ1) is 22.7. The number of hydrogen-bond donors (Lipinski definition) is 1. The number of aryl methyl sites for hydroxylation is 1. The third kappa shape index (κ3) is 9.09. The predicted molar refractivity (Wildman–Crippen MR) is 118 cm³/mol. The van der Waals surface area contributed by atoms with Crippen molar-refractivity contribution in [2.24, 2.45) is 0 Å². The first-order valence-corrected chi connectivity index (χ1v) is 11.5. The van der Waals surface area contributed by atoms with Crippen LogP contribution in [-0.2, 0) is 11.2 Å². The summed E-state index contributed by atoms with van der Waals surface area (Å²) in [6.45, 7) is 7.31. The van der Waals surface area contributed by atoms with E-state index < -0.39 is 0 Å². The van der Waals surface area contributed by atoms with E-state index in [2.05, 4.69) is 23.2 Å². The van der Waals surface area contributed by atoms with Gasteiger partial charge >= 0.3 is 6.09 Å². The number of carbonyl (C=O) groups is 1. The van der Waals surface area contributed by atoms with E-state index in [1.807, 2.05) is 25.1 Å². The van der Waals surface area contributed by atoms with Crippen molar-refractivity contribution in [2.75, 3.05) is 25.0 Å². The highest BCUT2D eigenvalue weighted by Crippen LogP contribution is 2.19. The highest BCUT2D eigenvalue weighted by Gasteiger charge is 2.17. The molecule has 1 amide bonds. The monoisotopic (exact) mass is 388 g/mol. The molecule has 0 aromatic heterocycles. The lowest BCUT2D eigenvalue weighted by molar-refractivity contribution is 0.0833. The van der Waals surface area contributed by atoms with Crippen LogP contribution in [0, 0.1) is 0 Å². The smallest absolute Gasteiger partial charge is 0.411 e. The Morgan fingerprint density at radius 3 is 2.46 bits per heavy atom. The molecule has 0 saturated carbocycles. The number of carbonyl (C=O) groups excluding carboxylic acids is 1. The van der Waals surface area contributed by atoms with Gasteiger partial charge in [0.2, 0.25) is 0 Å². The number of nitrogens with one attached hydrogen (secondary N) is 1. The molecule has 1 fully saturated rings. The Balaban J connectivity index is 1.71. The summed E-state index contributed by atoms with van der Waals surface area (Å²) >= 11 is 0. The molecule has 28 heavy (non-hydrogen) atoms. The maximum Gasteiger partial charge on any atom is 0.411 e. The Morgan fingerprint density at radius 2 is 1.71 bits per heavy atom. The second-order valence-corrected chi connectivity index (χ2v) is 8.23. The fourth-order valence-electron chi connectivity index (χ4n) is 4.00. The summed E-state index contributed by atoms with van der Waals surface area (Å²) in [6, 6.07) is 8.12. The van der Waals surface area contributed by atoms with Crippen LogP contribution in [0.2, 0.25) is 0 Å². The van der Waals surface area contributed by atoms with Crippen LogP contribution in [0.1, 0.15) is 83.6 Å². The van der Waals surface area contributed by atoms with Crippen LogP contribution < -0.4 is 5.32 Å². The van der Waals surface area contributed by atoms with Crippen LogP contribution in [0.15, 0.2) is 24.3 Å². The molecular formula is C24H40N2O2. The number of para-hydroxylation sites is 1. The molecule has 0 unspecified atom stereocenters. The molecule has 4 nitrogen and oxygen atoms in total. The number of piperidine rings is 1. The van der Waals surface area contributed by atoms with E-state index in [0.717, 1.165) is 31.7 Å². The largest absolute Gasteiger partial charge is 0.445 e. The minimum atomic E-state index is -0.337. The van der Waals surface area contributed by atoms with Gasteiger partial charge in [-0.15, -0.1) is 0 Å². The zero-order chi connectivity index (χ0) is 20.0. The third-order valence-electron chi connectivity index (χ3n) is 5.58. The molecule has 1 heterocycles. The normalized spacial score (nSPS) is 15.9. The summed E-state index contributed by atoms with van der Waals surface area (Å²) in [5, 5.41) is 2.97. The van der Waals surface area contributed by atoms with E-state index in [1.165, 1.54) is 69.8 Å². The van der Waals surface area contributed by atoms with Gasteiger partial charge in [-0.3, -0.25) is 10.2 Å². The van der Waals surface area contributed by atoms with E-state index >= 15 is 0 Å². The second-order valence-electron chi connectivity index (χ2n) is 8.23. The van der Waals surface area contributed by atoms with Gasteiger partial charge in [0.25, 0.3) is 0 Å². The van der Waals surface area contributed by atoms with Gasteiger partial charge in [-0.1, -0.05) is 70.1 Å². The topological polar surface area (TPSA) is 41.6 Å². The molecule has 1 aliphatic heterocycles. The van der Waals surface area contributed by atoms with Gasteiger partial charge in [-0.05, 0) is 57.3 Å². The van der Waals surface area contributed by atoms with Crippen molar-refractivity contribution in [1.29, 1.82) is 0 Å². The maximum absolute atomic E-state index is 12.3. The quantitative estimate of drug-likeness (QED) is 0.421. The highest BCUT2D eigenvalue weighted by atomic mass is 16.6. The summed E-state index contributed by atoms with van der Waals surface area (Å²) in [5.74, 6) is 0.